The number of allylic oxidation sites excluding steroid dienone is 1. The minimum atomic E-state index is -3.48. The van der Waals surface area contributed by atoms with Gasteiger partial charge in [-0.05, 0) is 24.6 Å². The summed E-state index contributed by atoms with van der Waals surface area (Å²) in [6, 6.07) is 5.03. The van der Waals surface area contributed by atoms with E-state index >= 15 is 0 Å². The van der Waals surface area contributed by atoms with E-state index in [2.05, 4.69) is 11.9 Å². The molecule has 0 aliphatic carbocycles. The fourth-order valence-corrected chi connectivity index (χ4v) is 3.17. The number of rotatable bonds is 4. The van der Waals surface area contributed by atoms with Crippen molar-refractivity contribution in [3.63, 3.8) is 0 Å². The van der Waals surface area contributed by atoms with Gasteiger partial charge in [0.2, 0.25) is 5.91 Å². The molecule has 1 N–H and O–H groups in total. The van der Waals surface area contributed by atoms with E-state index in [0.29, 0.717) is 29.9 Å². The van der Waals surface area contributed by atoms with E-state index in [1.54, 1.807) is 24.3 Å². The zero-order valence-electron chi connectivity index (χ0n) is 11.5. The molecular weight excluding hydrogens is 278 g/mol. The van der Waals surface area contributed by atoms with Crippen molar-refractivity contribution < 1.29 is 13.2 Å². The van der Waals surface area contributed by atoms with Crippen molar-refractivity contribution in [2.45, 2.75) is 12.8 Å². The highest BCUT2D eigenvalue weighted by atomic mass is 32.2. The Bertz CT molecular complexity index is 655. The van der Waals surface area contributed by atoms with Gasteiger partial charge in [-0.15, -0.1) is 6.58 Å². The predicted octanol–water partition coefficient (Wildman–Crippen LogP) is 1.72. The summed E-state index contributed by atoms with van der Waals surface area (Å²) in [6.45, 7) is 3.56. The molecule has 0 saturated carbocycles. The minimum Gasteiger partial charge on any atom is -0.326 e. The van der Waals surface area contributed by atoms with Gasteiger partial charge < -0.3 is 5.32 Å². The van der Waals surface area contributed by atoms with Crippen molar-refractivity contribution in [2.24, 2.45) is 0 Å². The first-order valence-electron chi connectivity index (χ1n) is 6.15. The highest BCUT2D eigenvalue weighted by molar-refractivity contribution is 7.94. The number of fused-ring (bicyclic) bond motifs is 1. The van der Waals surface area contributed by atoms with E-state index in [9.17, 15) is 13.2 Å². The normalized spacial score (nSPS) is 15.9. The molecule has 6 nitrogen and oxygen atoms in total. The second-order valence-corrected chi connectivity index (χ2v) is 6.51. The van der Waals surface area contributed by atoms with Crippen LogP contribution in [0.3, 0.4) is 0 Å². The zero-order chi connectivity index (χ0) is 14.9. The van der Waals surface area contributed by atoms with Crippen LogP contribution in [0.1, 0.15) is 12.8 Å². The number of nitrogens with zero attached hydrogens (tertiary/aromatic N) is 2. The smallest absolute Gasteiger partial charge is 0.326 e. The van der Waals surface area contributed by atoms with Gasteiger partial charge in [0, 0.05) is 26.2 Å². The Kier molecular flexibility index (Phi) is 3.71. The number of anilines is 3. The maximum absolute atomic E-state index is 12.0. The Morgan fingerprint density at radius 2 is 1.95 bits per heavy atom. The van der Waals surface area contributed by atoms with Gasteiger partial charge in [-0.2, -0.15) is 8.42 Å². The van der Waals surface area contributed by atoms with Gasteiger partial charge in [0.1, 0.15) is 0 Å². The Morgan fingerprint density at radius 1 is 1.30 bits per heavy atom. The first kappa shape index (κ1) is 14.4. The molecule has 0 saturated heterocycles. The lowest BCUT2D eigenvalue weighted by atomic mass is 10.2. The van der Waals surface area contributed by atoms with Crippen molar-refractivity contribution >= 4 is 33.2 Å². The molecule has 0 unspecified atom stereocenters. The molecule has 7 heteroatoms. The molecule has 108 valence electrons. The van der Waals surface area contributed by atoms with Crippen molar-refractivity contribution in [3.05, 3.63) is 30.9 Å². The van der Waals surface area contributed by atoms with Gasteiger partial charge in [0.25, 0.3) is 0 Å². The summed E-state index contributed by atoms with van der Waals surface area (Å²) >= 11 is 0. The molecule has 2 rings (SSSR count). The molecule has 0 spiro atoms. The first-order valence-corrected chi connectivity index (χ1v) is 7.55. The summed E-state index contributed by atoms with van der Waals surface area (Å²) in [5.74, 6) is -0.123. The summed E-state index contributed by atoms with van der Waals surface area (Å²) < 4.78 is 26.4. The van der Waals surface area contributed by atoms with Gasteiger partial charge in [0.15, 0.2) is 0 Å². The van der Waals surface area contributed by atoms with Crippen LogP contribution in [0.15, 0.2) is 30.9 Å². The Hall–Kier alpha value is -2.02. The molecule has 1 aliphatic heterocycles. The molecule has 20 heavy (non-hydrogen) atoms. The summed E-state index contributed by atoms with van der Waals surface area (Å²) in [5, 5.41) is 2.74. The largest absolute Gasteiger partial charge is 0.326 e. The topological polar surface area (TPSA) is 69.7 Å². The Labute approximate surface area is 118 Å². The Balaban J connectivity index is 2.24. The maximum atomic E-state index is 12.0. The summed E-state index contributed by atoms with van der Waals surface area (Å²) in [5.41, 5.74) is 1.72. The van der Waals surface area contributed by atoms with E-state index in [1.165, 1.54) is 22.7 Å². The average Bonchev–Trinajstić information content (AvgIpc) is 2.58. The fraction of sp³-hybridized carbons (Fsp3) is 0.308. The van der Waals surface area contributed by atoms with E-state index in [0.717, 1.165) is 0 Å². The quantitative estimate of drug-likeness (QED) is 0.860. The lowest BCUT2D eigenvalue weighted by Crippen LogP contribution is -2.32. The molecule has 1 aliphatic rings. The van der Waals surface area contributed by atoms with Crippen molar-refractivity contribution in [1.29, 1.82) is 0 Å². The van der Waals surface area contributed by atoms with E-state index in [-0.39, 0.29) is 5.91 Å². The highest BCUT2D eigenvalue weighted by Crippen LogP contribution is 2.40. The minimum absolute atomic E-state index is 0.123. The molecule has 0 fully saturated rings. The Morgan fingerprint density at radius 3 is 2.60 bits per heavy atom. The number of benzene rings is 1. The van der Waals surface area contributed by atoms with Crippen LogP contribution >= 0.6 is 0 Å². The third-order valence-corrected chi connectivity index (χ3v) is 4.98. The van der Waals surface area contributed by atoms with Crippen LogP contribution < -0.4 is 13.9 Å². The standard InChI is InChI=1S/C13H17N3O3S/c1-4-5-6-13(17)14-10-7-8-11-12(9-10)16(3)20(18,19)15(11)2/h4,7-9H,1,5-6H2,2-3H3,(H,14,17). The second-order valence-electron chi connectivity index (χ2n) is 4.52. The predicted molar refractivity (Wildman–Crippen MR) is 80.2 cm³/mol. The summed E-state index contributed by atoms with van der Waals surface area (Å²) in [7, 11) is -0.494. The van der Waals surface area contributed by atoms with Crippen LogP contribution in [0.2, 0.25) is 0 Å². The summed E-state index contributed by atoms with van der Waals surface area (Å²) in [6.07, 6.45) is 2.64. The number of hydrogen-bond donors (Lipinski definition) is 1. The average molecular weight is 295 g/mol. The van der Waals surface area contributed by atoms with E-state index < -0.39 is 10.2 Å². The van der Waals surface area contributed by atoms with Crippen molar-refractivity contribution in [2.75, 3.05) is 28.0 Å². The fourth-order valence-electron chi connectivity index (χ4n) is 2.01. The van der Waals surface area contributed by atoms with Gasteiger partial charge in [-0.25, -0.2) is 0 Å². The van der Waals surface area contributed by atoms with Crippen LogP contribution in [0.4, 0.5) is 17.1 Å². The molecule has 1 aromatic rings. The van der Waals surface area contributed by atoms with Crippen LogP contribution in [-0.4, -0.2) is 28.4 Å². The number of nitrogens with one attached hydrogen (secondary N) is 1. The molecule has 1 heterocycles. The third kappa shape index (κ3) is 2.36. The number of carbonyl (C=O) groups is 1. The maximum Gasteiger partial charge on any atom is 0.326 e. The van der Waals surface area contributed by atoms with Gasteiger partial charge in [-0.3, -0.25) is 13.4 Å². The van der Waals surface area contributed by atoms with Gasteiger partial charge in [-0.1, -0.05) is 6.08 Å². The third-order valence-electron chi connectivity index (χ3n) is 3.21. The van der Waals surface area contributed by atoms with Crippen molar-refractivity contribution in [3.8, 4) is 0 Å². The molecule has 1 amide bonds. The lowest BCUT2D eigenvalue weighted by Gasteiger charge is -2.13. The van der Waals surface area contributed by atoms with Crippen LogP contribution in [0, 0.1) is 0 Å². The van der Waals surface area contributed by atoms with Crippen LogP contribution in [-0.2, 0) is 15.0 Å². The number of amides is 1. The number of carbonyl (C=O) groups excluding carboxylic acids is 1. The van der Waals surface area contributed by atoms with Gasteiger partial charge >= 0.3 is 10.2 Å². The zero-order valence-corrected chi connectivity index (χ0v) is 12.3. The van der Waals surface area contributed by atoms with E-state index in [1.807, 2.05) is 0 Å². The molecule has 0 atom stereocenters. The molecule has 1 aromatic carbocycles. The van der Waals surface area contributed by atoms with Crippen LogP contribution in [0.25, 0.3) is 0 Å². The molecular formula is C13H17N3O3S. The molecule has 0 aromatic heterocycles. The van der Waals surface area contributed by atoms with Crippen LogP contribution in [0.5, 0.6) is 0 Å². The molecule has 0 bridgehead atoms. The lowest BCUT2D eigenvalue weighted by molar-refractivity contribution is -0.116. The van der Waals surface area contributed by atoms with E-state index in [4.69, 9.17) is 0 Å². The monoisotopic (exact) mass is 295 g/mol. The SMILES string of the molecule is C=CCCC(=O)Nc1ccc2c(c1)N(C)S(=O)(=O)N2C. The second kappa shape index (κ2) is 5.16. The van der Waals surface area contributed by atoms with Crippen molar-refractivity contribution in [1.82, 2.24) is 0 Å². The summed E-state index contributed by atoms with van der Waals surface area (Å²) in [4.78, 5) is 11.6. The first-order chi connectivity index (χ1) is 9.37. The number of hydrogen-bond acceptors (Lipinski definition) is 3. The molecule has 0 radical (unpaired) electrons. The van der Waals surface area contributed by atoms with Gasteiger partial charge in [0.05, 0.1) is 11.4 Å². The highest BCUT2D eigenvalue weighted by Gasteiger charge is 2.35.